The molecule has 1 saturated carbocycles. The average molecular weight is 759 g/mol. The third-order valence-electron chi connectivity index (χ3n) is 12.9. The van der Waals surface area contributed by atoms with E-state index in [9.17, 15) is 19.2 Å². The first-order chi connectivity index (χ1) is 27.2. The van der Waals surface area contributed by atoms with Crippen LogP contribution in [0.15, 0.2) is 53.6 Å². The largest absolute Gasteiger partial charge is 0.371 e. The number of hydrogen-bond donors (Lipinski definition) is 2. The van der Waals surface area contributed by atoms with E-state index in [0.29, 0.717) is 41.9 Å². The fourth-order valence-electron chi connectivity index (χ4n) is 9.69. The number of benzene rings is 1. The molecule has 8 rings (SSSR count). The Labute approximate surface area is 328 Å². The van der Waals surface area contributed by atoms with Gasteiger partial charge < -0.3 is 15.1 Å². The van der Waals surface area contributed by atoms with Gasteiger partial charge in [0.2, 0.25) is 17.8 Å². The number of hydrogen-bond acceptors (Lipinski definition) is 10. The van der Waals surface area contributed by atoms with Crippen molar-refractivity contribution in [3.8, 4) is 0 Å². The van der Waals surface area contributed by atoms with Crippen molar-refractivity contribution in [2.45, 2.75) is 115 Å². The van der Waals surface area contributed by atoms with E-state index >= 15 is 0 Å². The molecule has 4 fully saturated rings. The van der Waals surface area contributed by atoms with Gasteiger partial charge >= 0.3 is 0 Å². The van der Waals surface area contributed by atoms with Crippen LogP contribution >= 0.6 is 0 Å². The Morgan fingerprint density at radius 1 is 0.857 bits per heavy atom. The number of rotatable bonds is 11. The molecule has 3 aromatic heterocycles. The summed E-state index contributed by atoms with van der Waals surface area (Å²) >= 11 is 0. The second kappa shape index (κ2) is 16.6. The van der Waals surface area contributed by atoms with Crippen LogP contribution in [0.5, 0.6) is 0 Å². The predicted octanol–water partition coefficient (Wildman–Crippen LogP) is 6.78. The molecule has 294 valence electrons. The summed E-state index contributed by atoms with van der Waals surface area (Å²) in [7, 11) is 0. The molecule has 0 bridgehead atoms. The van der Waals surface area contributed by atoms with Crippen molar-refractivity contribution in [3.05, 3.63) is 81.4 Å². The van der Waals surface area contributed by atoms with Gasteiger partial charge in [0.1, 0.15) is 11.5 Å². The maximum absolute atomic E-state index is 13.5. The Hall–Kier alpha value is -4.97. The van der Waals surface area contributed by atoms with Crippen molar-refractivity contribution < 1.29 is 14.4 Å². The standard InChI is InChI=1S/C44H54N8O4/c1-28-37-27-46-44(49-41(37)52(35-8-3-4-9-35)43(56)40(28)29(2)53)47-38-16-10-31(26-45-38)7-5-6-30-18-22-50(23-19-30)34-20-24-51(25-21-34)33-13-11-32(12-14-33)36-15-17-39(54)48-42(36)55/h10-14,16,26-27,30,34-36H,3-9,15,17-25H2,1-2H3,(H,48,54,55)(H,45,46,47,49). The quantitative estimate of drug-likeness (QED) is 0.124. The number of amides is 2. The first-order valence-electron chi connectivity index (χ1n) is 20.8. The Morgan fingerprint density at radius 2 is 1.61 bits per heavy atom. The zero-order chi connectivity index (χ0) is 38.8. The maximum Gasteiger partial charge on any atom is 0.263 e. The van der Waals surface area contributed by atoms with Gasteiger partial charge in [0.15, 0.2) is 5.78 Å². The Balaban J connectivity index is 0.782. The van der Waals surface area contributed by atoms with Gasteiger partial charge in [-0.3, -0.25) is 29.1 Å². The van der Waals surface area contributed by atoms with Crippen molar-refractivity contribution in [3.63, 3.8) is 0 Å². The third-order valence-corrected chi connectivity index (χ3v) is 12.9. The lowest BCUT2D eigenvalue weighted by Gasteiger charge is -2.42. The lowest BCUT2D eigenvalue weighted by molar-refractivity contribution is -0.134. The zero-order valence-electron chi connectivity index (χ0n) is 32.8. The molecule has 3 aliphatic heterocycles. The summed E-state index contributed by atoms with van der Waals surface area (Å²) in [5.74, 6) is 0.995. The van der Waals surface area contributed by atoms with Gasteiger partial charge in [0.05, 0.1) is 11.5 Å². The summed E-state index contributed by atoms with van der Waals surface area (Å²) in [5, 5.41) is 6.44. The van der Waals surface area contributed by atoms with Gasteiger partial charge in [0.25, 0.3) is 5.56 Å². The van der Waals surface area contributed by atoms with Crippen molar-refractivity contribution in [1.29, 1.82) is 0 Å². The minimum absolute atomic E-state index is 0.0351. The van der Waals surface area contributed by atoms with Crippen LogP contribution in [0.25, 0.3) is 11.0 Å². The van der Waals surface area contributed by atoms with Gasteiger partial charge in [-0.05, 0) is 126 Å². The van der Waals surface area contributed by atoms with Crippen LogP contribution in [-0.2, 0) is 16.0 Å². The Bertz CT molecular complexity index is 2130. The smallest absolute Gasteiger partial charge is 0.263 e. The number of fused-ring (bicyclic) bond motifs is 1. The summed E-state index contributed by atoms with van der Waals surface area (Å²) in [6, 6.07) is 13.2. The van der Waals surface area contributed by atoms with Crippen LogP contribution in [0.2, 0.25) is 0 Å². The number of anilines is 3. The number of nitrogens with one attached hydrogen (secondary N) is 2. The van der Waals surface area contributed by atoms with Crippen LogP contribution in [0, 0.1) is 12.8 Å². The number of carbonyl (C=O) groups excluding carboxylic acids is 3. The second-order valence-electron chi connectivity index (χ2n) is 16.5. The summed E-state index contributed by atoms with van der Waals surface area (Å²) in [5.41, 5.74) is 4.61. The van der Waals surface area contributed by atoms with Crippen LogP contribution in [0.1, 0.15) is 123 Å². The van der Waals surface area contributed by atoms with E-state index in [4.69, 9.17) is 4.98 Å². The molecule has 6 heterocycles. The van der Waals surface area contributed by atoms with Crippen LogP contribution in [0.3, 0.4) is 0 Å². The zero-order valence-corrected chi connectivity index (χ0v) is 32.8. The number of nitrogens with zero attached hydrogens (tertiary/aromatic N) is 6. The highest BCUT2D eigenvalue weighted by Crippen LogP contribution is 2.33. The lowest BCUT2D eigenvalue weighted by Crippen LogP contribution is -2.47. The maximum atomic E-state index is 13.5. The molecule has 3 saturated heterocycles. The van der Waals surface area contributed by atoms with Crippen LogP contribution in [0.4, 0.5) is 17.5 Å². The molecule has 2 amide bonds. The summed E-state index contributed by atoms with van der Waals surface area (Å²) in [6.45, 7) is 7.72. The molecule has 1 atom stereocenters. The van der Waals surface area contributed by atoms with E-state index in [1.807, 2.05) is 19.2 Å². The molecule has 0 radical (unpaired) electrons. The first-order valence-corrected chi connectivity index (χ1v) is 20.8. The normalized spacial score (nSPS) is 20.5. The van der Waals surface area contributed by atoms with Gasteiger partial charge in [0, 0.05) is 55.1 Å². The van der Waals surface area contributed by atoms with Gasteiger partial charge in [-0.1, -0.05) is 37.5 Å². The van der Waals surface area contributed by atoms with E-state index in [1.54, 1.807) is 10.8 Å². The van der Waals surface area contributed by atoms with Crippen molar-refractivity contribution in [1.82, 2.24) is 29.7 Å². The summed E-state index contributed by atoms with van der Waals surface area (Å²) in [6.07, 6.45) is 16.8. The number of piperidine rings is 3. The van der Waals surface area contributed by atoms with E-state index in [1.165, 1.54) is 63.4 Å². The van der Waals surface area contributed by atoms with Crippen molar-refractivity contribution in [2.24, 2.45) is 5.92 Å². The number of ketones is 1. The minimum atomic E-state index is -0.251. The molecular weight excluding hydrogens is 705 g/mol. The number of aryl methyl sites for hydroxylation is 2. The highest BCUT2D eigenvalue weighted by atomic mass is 16.2. The molecule has 56 heavy (non-hydrogen) atoms. The van der Waals surface area contributed by atoms with Gasteiger partial charge in [-0.15, -0.1) is 0 Å². The number of Topliss-reactive ketones (excluding diaryl/α,β-unsaturated/α-hetero) is 1. The average Bonchev–Trinajstić information content (AvgIpc) is 3.74. The van der Waals surface area contributed by atoms with E-state index < -0.39 is 0 Å². The summed E-state index contributed by atoms with van der Waals surface area (Å²) < 4.78 is 1.74. The van der Waals surface area contributed by atoms with Crippen LogP contribution < -0.4 is 21.1 Å². The molecule has 12 nitrogen and oxygen atoms in total. The topological polar surface area (TPSA) is 142 Å². The molecule has 1 unspecified atom stereocenters. The number of carbonyl (C=O) groups is 3. The van der Waals surface area contributed by atoms with Crippen molar-refractivity contribution >= 4 is 46.1 Å². The molecule has 4 aliphatic rings. The fraction of sp³-hybridized carbons (Fsp3) is 0.523. The number of likely N-dealkylation sites (tertiary alicyclic amines) is 1. The van der Waals surface area contributed by atoms with Crippen molar-refractivity contribution in [2.75, 3.05) is 36.4 Å². The minimum Gasteiger partial charge on any atom is -0.371 e. The highest BCUT2D eigenvalue weighted by Gasteiger charge is 2.31. The molecule has 1 aromatic carbocycles. The van der Waals surface area contributed by atoms with Gasteiger partial charge in [-0.2, -0.15) is 4.98 Å². The summed E-state index contributed by atoms with van der Waals surface area (Å²) in [4.78, 5) is 69.0. The molecule has 12 heteroatoms. The molecule has 2 N–H and O–H groups in total. The van der Waals surface area contributed by atoms with E-state index in [-0.39, 0.29) is 40.7 Å². The third kappa shape index (κ3) is 8.12. The Kier molecular flexibility index (Phi) is 11.3. The first kappa shape index (κ1) is 37.9. The Morgan fingerprint density at radius 3 is 2.29 bits per heavy atom. The monoisotopic (exact) mass is 758 g/mol. The molecular formula is C44H54N8O4. The lowest BCUT2D eigenvalue weighted by atomic mass is 9.89. The predicted molar refractivity (Wildman–Crippen MR) is 218 cm³/mol. The molecule has 1 aliphatic carbocycles. The van der Waals surface area contributed by atoms with E-state index in [2.05, 4.69) is 60.7 Å². The van der Waals surface area contributed by atoms with Gasteiger partial charge in [-0.25, -0.2) is 9.97 Å². The highest BCUT2D eigenvalue weighted by molar-refractivity contribution is 6.01. The number of aromatic nitrogens is 4. The number of pyridine rings is 2. The number of imide groups is 1. The van der Waals surface area contributed by atoms with Crippen LogP contribution in [-0.4, -0.2) is 74.2 Å². The second-order valence-corrected chi connectivity index (χ2v) is 16.5. The fourth-order valence-corrected chi connectivity index (χ4v) is 9.69. The SMILES string of the molecule is CC(=O)c1c(C)c2cnc(Nc3ccc(CCCC4CCN(C5CCN(c6ccc(C7CCC(=O)NC7=O)cc6)CC5)CC4)cn3)nc2n(C2CCCC2)c1=O. The molecule has 0 spiro atoms. The molecule has 4 aromatic rings. The van der Waals surface area contributed by atoms with E-state index in [0.717, 1.165) is 68.5 Å².